The summed E-state index contributed by atoms with van der Waals surface area (Å²) >= 11 is 5.80. The lowest BCUT2D eigenvalue weighted by atomic mass is 10.1. The molecule has 0 amide bonds. The summed E-state index contributed by atoms with van der Waals surface area (Å²) in [7, 11) is 0. The smallest absolute Gasteiger partial charge is 0.351 e. The number of carbonyl (C=O) groups excluding carboxylic acids is 1. The third-order valence-corrected chi connectivity index (χ3v) is 3.85. The van der Waals surface area contributed by atoms with Crippen LogP contribution in [0.3, 0.4) is 0 Å². The van der Waals surface area contributed by atoms with Crippen molar-refractivity contribution in [1.29, 1.82) is 0 Å². The van der Waals surface area contributed by atoms with Gasteiger partial charge in [-0.1, -0.05) is 18.2 Å². The molecular weight excluding hydrogens is 365 g/mol. The highest BCUT2D eigenvalue weighted by Gasteiger charge is 2.16. The zero-order chi connectivity index (χ0) is 17.1. The highest BCUT2D eigenvalue weighted by molar-refractivity contribution is 6.17. The molecule has 0 atom stereocenters. The zero-order valence-electron chi connectivity index (χ0n) is 13.0. The molecule has 0 bridgehead atoms. The van der Waals surface area contributed by atoms with Crippen molar-refractivity contribution < 1.29 is 13.9 Å². The normalized spacial score (nSPS) is 10.3. The third-order valence-electron chi connectivity index (χ3n) is 3.54. The first-order valence-corrected chi connectivity index (χ1v) is 7.78. The maximum atomic E-state index is 12.3. The molecule has 7 heteroatoms. The highest BCUT2D eigenvalue weighted by atomic mass is 35.5. The standard InChI is InChI=1S/C18H14ClNO4.ClH/c19-9-12-3-6-16-13(7-12)8-15(18(22)24-16)17(21)23-14-4-1-11(10-20)2-5-14;/h1-8H,9-10,20H2;1H. The monoisotopic (exact) mass is 379 g/mol. The van der Waals surface area contributed by atoms with Crippen molar-refractivity contribution in [1.82, 2.24) is 0 Å². The van der Waals surface area contributed by atoms with E-state index in [0.29, 0.717) is 29.1 Å². The molecule has 5 nitrogen and oxygen atoms in total. The van der Waals surface area contributed by atoms with Gasteiger partial charge in [0.15, 0.2) is 0 Å². The van der Waals surface area contributed by atoms with E-state index in [1.807, 2.05) is 0 Å². The molecule has 1 aromatic heterocycles. The van der Waals surface area contributed by atoms with Gasteiger partial charge >= 0.3 is 11.6 Å². The number of hydrogen-bond donors (Lipinski definition) is 1. The summed E-state index contributed by atoms with van der Waals surface area (Å²) in [6.45, 7) is 0.394. The van der Waals surface area contributed by atoms with Crippen LogP contribution in [0.15, 0.2) is 57.7 Å². The van der Waals surface area contributed by atoms with Crippen molar-refractivity contribution >= 4 is 40.9 Å². The van der Waals surface area contributed by atoms with E-state index in [1.54, 1.807) is 42.5 Å². The Morgan fingerprint density at radius 1 is 1.08 bits per heavy atom. The number of halogens is 2. The SMILES string of the molecule is Cl.NCc1ccc(OC(=O)c2cc3cc(CCl)ccc3oc2=O)cc1. The Morgan fingerprint density at radius 2 is 1.76 bits per heavy atom. The van der Waals surface area contributed by atoms with E-state index in [4.69, 9.17) is 26.5 Å². The van der Waals surface area contributed by atoms with Gasteiger partial charge < -0.3 is 14.9 Å². The number of hydrogen-bond acceptors (Lipinski definition) is 5. The molecule has 0 unspecified atom stereocenters. The van der Waals surface area contributed by atoms with Gasteiger partial charge in [-0.3, -0.25) is 0 Å². The maximum Gasteiger partial charge on any atom is 0.351 e. The van der Waals surface area contributed by atoms with Gasteiger partial charge in [0.2, 0.25) is 0 Å². The van der Waals surface area contributed by atoms with Gasteiger partial charge in [0.25, 0.3) is 0 Å². The van der Waals surface area contributed by atoms with Crippen LogP contribution in [-0.2, 0) is 12.4 Å². The minimum atomic E-state index is -0.776. The van der Waals surface area contributed by atoms with Gasteiger partial charge in [0.1, 0.15) is 16.9 Å². The van der Waals surface area contributed by atoms with E-state index in [-0.39, 0.29) is 18.0 Å². The lowest BCUT2D eigenvalue weighted by molar-refractivity contribution is 0.0730. The Morgan fingerprint density at radius 3 is 2.40 bits per heavy atom. The predicted octanol–water partition coefficient (Wildman–Crippen LogP) is 3.63. The minimum Gasteiger partial charge on any atom is -0.423 e. The van der Waals surface area contributed by atoms with Crippen LogP contribution in [0.2, 0.25) is 0 Å². The van der Waals surface area contributed by atoms with Gasteiger partial charge in [0, 0.05) is 17.8 Å². The van der Waals surface area contributed by atoms with Gasteiger partial charge in [-0.2, -0.15) is 0 Å². The van der Waals surface area contributed by atoms with Crippen molar-refractivity contribution in [2.75, 3.05) is 0 Å². The van der Waals surface area contributed by atoms with Crippen molar-refractivity contribution in [3.8, 4) is 5.75 Å². The summed E-state index contributed by atoms with van der Waals surface area (Å²) in [6, 6.07) is 13.4. The van der Waals surface area contributed by atoms with Crippen LogP contribution < -0.4 is 16.1 Å². The van der Waals surface area contributed by atoms with Gasteiger partial charge in [-0.25, -0.2) is 9.59 Å². The quantitative estimate of drug-likeness (QED) is 0.324. The number of ether oxygens (including phenoxy) is 1. The van der Waals surface area contributed by atoms with Crippen LogP contribution in [0, 0.1) is 0 Å². The molecular formula is C18H15Cl2NO4. The molecule has 3 aromatic rings. The molecule has 0 aliphatic heterocycles. The molecule has 3 rings (SSSR count). The molecule has 0 fully saturated rings. The average molecular weight is 380 g/mol. The van der Waals surface area contributed by atoms with Crippen LogP contribution >= 0.6 is 24.0 Å². The van der Waals surface area contributed by atoms with Gasteiger partial charge in [-0.15, -0.1) is 24.0 Å². The fourth-order valence-electron chi connectivity index (χ4n) is 2.25. The highest BCUT2D eigenvalue weighted by Crippen LogP contribution is 2.18. The molecule has 130 valence electrons. The number of fused-ring (bicyclic) bond motifs is 1. The van der Waals surface area contributed by atoms with E-state index < -0.39 is 11.6 Å². The Bertz CT molecular complexity index is 951. The first kappa shape index (κ1) is 19.0. The molecule has 25 heavy (non-hydrogen) atoms. The summed E-state index contributed by atoms with van der Waals surface area (Å²) in [5.74, 6) is -0.129. The Kier molecular flexibility index (Phi) is 6.20. The number of rotatable bonds is 4. The summed E-state index contributed by atoms with van der Waals surface area (Å²) in [5.41, 5.74) is 6.76. The van der Waals surface area contributed by atoms with Crippen LogP contribution in [0.1, 0.15) is 21.5 Å². The summed E-state index contributed by atoms with van der Waals surface area (Å²) in [4.78, 5) is 24.3. The Hall–Kier alpha value is -2.34. The first-order valence-electron chi connectivity index (χ1n) is 7.24. The second-order valence-corrected chi connectivity index (χ2v) is 5.46. The number of nitrogens with two attached hydrogens (primary N) is 1. The van der Waals surface area contributed by atoms with Crippen LogP contribution in [-0.4, -0.2) is 5.97 Å². The predicted molar refractivity (Wildman–Crippen MR) is 98.6 cm³/mol. The van der Waals surface area contributed by atoms with E-state index >= 15 is 0 Å². The number of esters is 1. The summed E-state index contributed by atoms with van der Waals surface area (Å²) < 4.78 is 10.4. The molecule has 0 spiro atoms. The Balaban J connectivity index is 0.00000225. The second kappa shape index (κ2) is 8.16. The van der Waals surface area contributed by atoms with Crippen LogP contribution in [0.4, 0.5) is 0 Å². The largest absolute Gasteiger partial charge is 0.423 e. The number of carbonyl (C=O) groups is 1. The van der Waals surface area contributed by atoms with Crippen molar-refractivity contribution in [2.45, 2.75) is 12.4 Å². The Labute approximate surface area is 154 Å². The van der Waals surface area contributed by atoms with Crippen molar-refractivity contribution in [3.63, 3.8) is 0 Å². The first-order chi connectivity index (χ1) is 11.6. The fraction of sp³-hybridized carbons (Fsp3) is 0.111. The van der Waals surface area contributed by atoms with E-state index in [9.17, 15) is 9.59 Å². The molecule has 0 saturated carbocycles. The van der Waals surface area contributed by atoms with Crippen LogP contribution in [0.25, 0.3) is 11.0 Å². The molecule has 0 saturated heterocycles. The van der Waals surface area contributed by atoms with E-state index in [1.165, 1.54) is 6.07 Å². The maximum absolute atomic E-state index is 12.3. The van der Waals surface area contributed by atoms with Crippen molar-refractivity contribution in [2.24, 2.45) is 5.73 Å². The van der Waals surface area contributed by atoms with Crippen LogP contribution in [0.5, 0.6) is 5.75 Å². The second-order valence-electron chi connectivity index (χ2n) is 5.19. The van der Waals surface area contributed by atoms with Gasteiger partial charge in [-0.05, 0) is 41.5 Å². The molecule has 2 aromatic carbocycles. The molecule has 2 N–H and O–H groups in total. The molecule has 1 heterocycles. The number of benzene rings is 2. The van der Waals surface area contributed by atoms with E-state index in [2.05, 4.69) is 0 Å². The van der Waals surface area contributed by atoms with E-state index in [0.717, 1.165) is 11.1 Å². The third kappa shape index (κ3) is 4.20. The molecule has 0 aliphatic rings. The lowest BCUT2D eigenvalue weighted by Crippen LogP contribution is -2.18. The average Bonchev–Trinajstić information content (AvgIpc) is 2.61. The number of alkyl halides is 1. The zero-order valence-corrected chi connectivity index (χ0v) is 14.6. The molecule has 0 radical (unpaired) electrons. The topological polar surface area (TPSA) is 82.5 Å². The fourth-order valence-corrected chi connectivity index (χ4v) is 2.42. The lowest BCUT2D eigenvalue weighted by Gasteiger charge is -2.06. The summed E-state index contributed by atoms with van der Waals surface area (Å²) in [6.07, 6.45) is 0. The van der Waals surface area contributed by atoms with Gasteiger partial charge in [0.05, 0.1) is 0 Å². The molecule has 0 aliphatic carbocycles. The summed E-state index contributed by atoms with van der Waals surface area (Å²) in [5, 5.41) is 0.609. The minimum absolute atomic E-state index is 0. The van der Waals surface area contributed by atoms with Crippen molar-refractivity contribution in [3.05, 3.63) is 75.6 Å².